The van der Waals surface area contributed by atoms with Gasteiger partial charge in [0.1, 0.15) is 5.82 Å². The van der Waals surface area contributed by atoms with Crippen molar-refractivity contribution in [3.63, 3.8) is 0 Å². The third kappa shape index (κ3) is 4.55. The molecule has 4 rings (SSSR count). The number of benzene rings is 1. The van der Waals surface area contributed by atoms with Crippen molar-refractivity contribution in [3.05, 3.63) is 60.4 Å². The van der Waals surface area contributed by atoms with Gasteiger partial charge in [-0.3, -0.25) is 9.69 Å². The number of anilines is 2. The lowest BCUT2D eigenvalue weighted by Gasteiger charge is -2.30. The summed E-state index contributed by atoms with van der Waals surface area (Å²) in [5.74, 6) is 0.392. The number of nitrogens with zero attached hydrogens (tertiary/aromatic N) is 3. The summed E-state index contributed by atoms with van der Waals surface area (Å²) in [5, 5.41) is 13.1. The van der Waals surface area contributed by atoms with Gasteiger partial charge in [0.05, 0.1) is 11.4 Å². The van der Waals surface area contributed by atoms with Crippen LogP contribution in [0.3, 0.4) is 0 Å². The lowest BCUT2D eigenvalue weighted by molar-refractivity contribution is -0.138. The molecule has 1 aromatic carbocycles. The SMILES string of the molecule is O=C(O)CN1CCC(c2cccc(Nc3ncc(-c4ccccc4)s3)n2)CC1. The highest BCUT2D eigenvalue weighted by Crippen LogP contribution is 2.31. The predicted molar refractivity (Wildman–Crippen MR) is 111 cm³/mol. The minimum atomic E-state index is -0.763. The molecule has 3 aromatic rings. The average molecular weight is 395 g/mol. The highest BCUT2D eigenvalue weighted by atomic mass is 32.1. The van der Waals surface area contributed by atoms with Crippen molar-refractivity contribution in [1.82, 2.24) is 14.9 Å². The quantitative estimate of drug-likeness (QED) is 0.652. The van der Waals surface area contributed by atoms with E-state index in [2.05, 4.69) is 28.5 Å². The van der Waals surface area contributed by atoms with Crippen molar-refractivity contribution < 1.29 is 9.90 Å². The van der Waals surface area contributed by atoms with Gasteiger partial charge in [-0.2, -0.15) is 0 Å². The van der Waals surface area contributed by atoms with E-state index in [-0.39, 0.29) is 6.54 Å². The molecule has 144 valence electrons. The van der Waals surface area contributed by atoms with Crippen molar-refractivity contribution in [2.45, 2.75) is 18.8 Å². The second kappa shape index (κ2) is 8.50. The first-order valence-electron chi connectivity index (χ1n) is 9.37. The minimum Gasteiger partial charge on any atom is -0.480 e. The summed E-state index contributed by atoms with van der Waals surface area (Å²) in [6, 6.07) is 16.2. The molecule has 0 atom stereocenters. The number of hydrogen-bond acceptors (Lipinski definition) is 6. The Morgan fingerprint density at radius 3 is 2.68 bits per heavy atom. The molecule has 7 heteroatoms. The van der Waals surface area contributed by atoms with E-state index in [0.29, 0.717) is 5.92 Å². The maximum absolute atomic E-state index is 10.9. The molecular formula is C21H22N4O2S. The van der Waals surface area contributed by atoms with Crippen molar-refractivity contribution in [3.8, 4) is 10.4 Å². The first-order chi connectivity index (χ1) is 13.7. The molecule has 2 aromatic heterocycles. The number of thiazole rings is 1. The number of pyridine rings is 1. The molecule has 0 radical (unpaired) electrons. The zero-order valence-corrected chi connectivity index (χ0v) is 16.2. The van der Waals surface area contributed by atoms with Crippen molar-refractivity contribution in [1.29, 1.82) is 0 Å². The summed E-state index contributed by atoms with van der Waals surface area (Å²) >= 11 is 1.60. The number of piperidine rings is 1. The molecular weight excluding hydrogens is 372 g/mol. The van der Waals surface area contributed by atoms with Gasteiger partial charge >= 0.3 is 5.97 Å². The minimum absolute atomic E-state index is 0.121. The van der Waals surface area contributed by atoms with Crippen LogP contribution in [0.5, 0.6) is 0 Å². The smallest absolute Gasteiger partial charge is 0.317 e. The number of carboxylic acid groups (broad SMARTS) is 1. The Morgan fingerprint density at radius 1 is 1.14 bits per heavy atom. The van der Waals surface area contributed by atoms with Crippen LogP contribution < -0.4 is 5.32 Å². The molecule has 0 bridgehead atoms. The number of rotatable bonds is 6. The number of likely N-dealkylation sites (tertiary alicyclic amines) is 1. The Labute approximate surface area is 167 Å². The zero-order valence-electron chi connectivity index (χ0n) is 15.4. The number of aromatic nitrogens is 2. The second-order valence-electron chi connectivity index (χ2n) is 6.91. The maximum atomic E-state index is 10.9. The number of carbonyl (C=O) groups is 1. The topological polar surface area (TPSA) is 78.4 Å². The predicted octanol–water partition coefficient (Wildman–Crippen LogP) is 4.21. The van der Waals surface area contributed by atoms with E-state index in [0.717, 1.165) is 53.0 Å². The number of nitrogens with one attached hydrogen (secondary N) is 1. The molecule has 28 heavy (non-hydrogen) atoms. The normalized spacial score (nSPS) is 15.4. The summed E-state index contributed by atoms with van der Waals surface area (Å²) < 4.78 is 0. The van der Waals surface area contributed by atoms with E-state index in [1.54, 1.807) is 11.3 Å². The van der Waals surface area contributed by atoms with Crippen molar-refractivity contribution >= 4 is 28.3 Å². The molecule has 0 spiro atoms. The van der Waals surface area contributed by atoms with Crippen LogP contribution in [0.2, 0.25) is 0 Å². The summed E-state index contributed by atoms with van der Waals surface area (Å²) in [4.78, 5) is 23.2. The third-order valence-electron chi connectivity index (χ3n) is 4.93. The Kier molecular flexibility index (Phi) is 5.64. The Morgan fingerprint density at radius 2 is 1.93 bits per heavy atom. The van der Waals surface area contributed by atoms with E-state index >= 15 is 0 Å². The first-order valence-corrected chi connectivity index (χ1v) is 10.2. The van der Waals surface area contributed by atoms with E-state index < -0.39 is 5.97 Å². The van der Waals surface area contributed by atoms with Gasteiger partial charge in [-0.15, -0.1) is 0 Å². The molecule has 0 amide bonds. The monoisotopic (exact) mass is 394 g/mol. The molecule has 3 heterocycles. The van der Waals surface area contributed by atoms with Gasteiger partial charge in [-0.25, -0.2) is 9.97 Å². The number of hydrogen-bond donors (Lipinski definition) is 2. The fourth-order valence-electron chi connectivity index (χ4n) is 3.50. The Bertz CT molecular complexity index is 936. The first kappa shape index (κ1) is 18.6. The highest BCUT2D eigenvalue weighted by molar-refractivity contribution is 7.18. The molecule has 1 fully saturated rings. The fourth-order valence-corrected chi connectivity index (χ4v) is 4.33. The van der Waals surface area contributed by atoms with Crippen LogP contribution in [0.25, 0.3) is 10.4 Å². The van der Waals surface area contributed by atoms with Gasteiger partial charge < -0.3 is 10.4 Å². The summed E-state index contributed by atoms with van der Waals surface area (Å²) in [7, 11) is 0. The van der Waals surface area contributed by atoms with Crippen LogP contribution in [-0.4, -0.2) is 45.6 Å². The van der Waals surface area contributed by atoms with Crippen molar-refractivity contribution in [2.24, 2.45) is 0 Å². The molecule has 1 aliphatic rings. The van der Waals surface area contributed by atoms with Gasteiger partial charge in [0.15, 0.2) is 5.13 Å². The van der Waals surface area contributed by atoms with Crippen LogP contribution in [-0.2, 0) is 4.79 Å². The van der Waals surface area contributed by atoms with Crippen LogP contribution in [0.15, 0.2) is 54.7 Å². The lowest BCUT2D eigenvalue weighted by Crippen LogP contribution is -2.36. The van der Waals surface area contributed by atoms with Crippen molar-refractivity contribution in [2.75, 3.05) is 25.0 Å². The molecule has 2 N–H and O–H groups in total. The summed E-state index contributed by atoms with van der Waals surface area (Å²) in [5.41, 5.74) is 2.21. The van der Waals surface area contributed by atoms with E-state index in [9.17, 15) is 4.79 Å². The van der Waals surface area contributed by atoms with Crippen LogP contribution in [0, 0.1) is 0 Å². The van der Waals surface area contributed by atoms with E-state index in [1.165, 1.54) is 0 Å². The van der Waals surface area contributed by atoms with E-state index in [1.807, 2.05) is 41.4 Å². The zero-order chi connectivity index (χ0) is 19.3. The lowest BCUT2D eigenvalue weighted by atomic mass is 9.93. The van der Waals surface area contributed by atoms with Gasteiger partial charge in [-0.05, 0) is 43.6 Å². The Balaban J connectivity index is 1.41. The molecule has 0 unspecified atom stereocenters. The Hall–Kier alpha value is -2.77. The van der Waals surface area contributed by atoms with Gasteiger partial charge in [0.25, 0.3) is 0 Å². The highest BCUT2D eigenvalue weighted by Gasteiger charge is 2.23. The third-order valence-corrected chi connectivity index (χ3v) is 5.90. The second-order valence-corrected chi connectivity index (χ2v) is 7.94. The van der Waals surface area contributed by atoms with Gasteiger partial charge in [0.2, 0.25) is 0 Å². The molecule has 1 saturated heterocycles. The number of aliphatic carboxylic acids is 1. The average Bonchev–Trinajstić information content (AvgIpc) is 3.17. The summed E-state index contributed by atoms with van der Waals surface area (Å²) in [6.45, 7) is 1.71. The molecule has 0 aliphatic carbocycles. The van der Waals surface area contributed by atoms with E-state index in [4.69, 9.17) is 10.1 Å². The van der Waals surface area contributed by atoms with Crippen LogP contribution in [0.4, 0.5) is 10.9 Å². The van der Waals surface area contributed by atoms with Gasteiger partial charge in [-0.1, -0.05) is 47.7 Å². The maximum Gasteiger partial charge on any atom is 0.317 e. The largest absolute Gasteiger partial charge is 0.480 e. The number of carboxylic acids is 1. The fraction of sp³-hybridized carbons (Fsp3) is 0.286. The van der Waals surface area contributed by atoms with Crippen LogP contribution >= 0.6 is 11.3 Å². The molecule has 6 nitrogen and oxygen atoms in total. The van der Waals surface area contributed by atoms with Gasteiger partial charge in [0, 0.05) is 17.8 Å². The molecule has 1 aliphatic heterocycles. The van der Waals surface area contributed by atoms with Crippen LogP contribution in [0.1, 0.15) is 24.5 Å². The standard InChI is InChI=1S/C21H22N4O2S/c26-20(27)14-25-11-9-15(10-12-25)17-7-4-8-19(23-17)24-21-22-13-18(28-21)16-5-2-1-3-6-16/h1-8,13,15H,9-12,14H2,(H,26,27)(H,22,23,24). The summed E-state index contributed by atoms with van der Waals surface area (Å²) in [6.07, 6.45) is 3.74. The molecule has 0 saturated carbocycles.